The summed E-state index contributed by atoms with van der Waals surface area (Å²) in [5.41, 5.74) is 5.47. The number of nitrogen functional groups attached to an aromatic ring is 1. The lowest BCUT2D eigenvalue weighted by molar-refractivity contribution is 0.237. The first-order valence-corrected chi connectivity index (χ1v) is 7.67. The normalized spacial score (nSPS) is 10.8. The van der Waals surface area contributed by atoms with Gasteiger partial charge in [-0.25, -0.2) is 4.98 Å². The zero-order valence-electron chi connectivity index (χ0n) is 6.87. The Morgan fingerprint density at radius 1 is 1.54 bits per heavy atom. The molecule has 0 aliphatic carbocycles. The molecule has 1 rings (SSSR count). The van der Waals surface area contributed by atoms with Gasteiger partial charge in [-0.15, -0.1) is 0 Å². The van der Waals surface area contributed by atoms with Gasteiger partial charge in [-0.2, -0.15) is 0 Å². The standard InChI is InChI=1S/C7H10IN2O2P/c8-13-12-4-3-11-6-1-2-10-7(9)5-6/h1-2,5,13H,3-4H2,(H2,9,10). The molecule has 0 aromatic carbocycles. The Hall–Kier alpha value is -0.130. The molecule has 0 spiro atoms. The molecular weight excluding hydrogens is 302 g/mol. The van der Waals surface area contributed by atoms with Crippen molar-refractivity contribution in [1.29, 1.82) is 0 Å². The summed E-state index contributed by atoms with van der Waals surface area (Å²) in [7, 11) is 0. The fraction of sp³-hybridized carbons (Fsp3) is 0.286. The smallest absolute Gasteiger partial charge is 0.126 e. The zero-order valence-corrected chi connectivity index (χ0v) is 10.0. The van der Waals surface area contributed by atoms with Gasteiger partial charge >= 0.3 is 0 Å². The van der Waals surface area contributed by atoms with E-state index in [4.69, 9.17) is 15.0 Å². The van der Waals surface area contributed by atoms with E-state index in [-0.39, 0.29) is 0 Å². The second-order valence-electron chi connectivity index (χ2n) is 2.19. The van der Waals surface area contributed by atoms with Gasteiger partial charge in [0.15, 0.2) is 0 Å². The van der Waals surface area contributed by atoms with Crippen LogP contribution in [0.2, 0.25) is 0 Å². The summed E-state index contributed by atoms with van der Waals surface area (Å²) in [5.74, 6) is 1.20. The van der Waals surface area contributed by atoms with E-state index in [0.29, 0.717) is 25.5 Å². The molecular formula is C7H10IN2O2P. The minimum absolute atomic E-state index is 0.467. The number of halogens is 1. The van der Waals surface area contributed by atoms with E-state index in [9.17, 15) is 0 Å². The van der Waals surface area contributed by atoms with Crippen LogP contribution in [0, 0.1) is 0 Å². The zero-order chi connectivity index (χ0) is 9.52. The lowest BCUT2D eigenvalue weighted by Gasteiger charge is -2.05. The maximum absolute atomic E-state index is 5.47. The molecule has 6 heteroatoms. The molecule has 1 heterocycles. The molecule has 0 aliphatic rings. The maximum Gasteiger partial charge on any atom is 0.126 e. The second kappa shape index (κ2) is 6.34. The first-order valence-electron chi connectivity index (χ1n) is 3.64. The van der Waals surface area contributed by atoms with Crippen LogP contribution in [-0.4, -0.2) is 18.2 Å². The van der Waals surface area contributed by atoms with Gasteiger partial charge in [0.2, 0.25) is 0 Å². The Labute approximate surface area is 91.6 Å². The van der Waals surface area contributed by atoms with Crippen molar-refractivity contribution in [3.63, 3.8) is 0 Å². The first kappa shape index (κ1) is 10.9. The van der Waals surface area contributed by atoms with Gasteiger partial charge in [0.25, 0.3) is 0 Å². The van der Waals surface area contributed by atoms with Gasteiger partial charge < -0.3 is 15.0 Å². The predicted octanol–water partition coefficient (Wildman–Crippen LogP) is 2.00. The lowest BCUT2D eigenvalue weighted by atomic mass is 10.4. The van der Waals surface area contributed by atoms with E-state index in [1.807, 2.05) is 0 Å². The van der Waals surface area contributed by atoms with Crippen LogP contribution in [0.3, 0.4) is 0 Å². The quantitative estimate of drug-likeness (QED) is 0.513. The average molecular weight is 312 g/mol. The van der Waals surface area contributed by atoms with Crippen molar-refractivity contribution in [3.05, 3.63) is 18.3 Å². The number of hydrogen-bond acceptors (Lipinski definition) is 4. The third kappa shape index (κ3) is 4.59. The Bertz CT molecular complexity index is 262. The monoisotopic (exact) mass is 312 g/mol. The van der Waals surface area contributed by atoms with Crippen molar-refractivity contribution in [2.45, 2.75) is 0 Å². The highest BCUT2D eigenvalue weighted by Crippen LogP contribution is 2.21. The number of pyridine rings is 1. The van der Waals surface area contributed by atoms with Crippen LogP contribution in [0.4, 0.5) is 5.82 Å². The molecule has 2 N–H and O–H groups in total. The van der Waals surface area contributed by atoms with Crippen molar-refractivity contribution < 1.29 is 9.26 Å². The number of aromatic nitrogens is 1. The predicted molar refractivity (Wildman–Crippen MR) is 62.4 cm³/mol. The van der Waals surface area contributed by atoms with Crippen molar-refractivity contribution >= 4 is 34.3 Å². The Morgan fingerprint density at radius 3 is 3.08 bits per heavy atom. The van der Waals surface area contributed by atoms with Crippen molar-refractivity contribution in [1.82, 2.24) is 4.98 Å². The van der Waals surface area contributed by atoms with E-state index in [2.05, 4.69) is 27.0 Å². The Kier molecular flexibility index (Phi) is 5.34. The van der Waals surface area contributed by atoms with E-state index in [0.717, 1.165) is 5.75 Å². The van der Waals surface area contributed by atoms with Crippen LogP contribution < -0.4 is 10.5 Å². The number of rotatable bonds is 5. The summed E-state index contributed by atoms with van der Waals surface area (Å²) in [4.78, 5) is 3.85. The van der Waals surface area contributed by atoms with Gasteiger partial charge in [0.1, 0.15) is 18.2 Å². The molecule has 0 aliphatic heterocycles. The van der Waals surface area contributed by atoms with Crippen molar-refractivity contribution in [3.8, 4) is 5.75 Å². The summed E-state index contributed by atoms with van der Waals surface area (Å²) in [6, 6.07) is 3.45. The molecule has 72 valence electrons. The third-order valence-electron chi connectivity index (χ3n) is 1.26. The van der Waals surface area contributed by atoms with Gasteiger partial charge in [-0.1, -0.05) is 0 Å². The van der Waals surface area contributed by atoms with Crippen molar-refractivity contribution in [2.75, 3.05) is 18.9 Å². The average Bonchev–Trinajstić information content (AvgIpc) is 2.13. The molecule has 1 unspecified atom stereocenters. The fourth-order valence-electron chi connectivity index (χ4n) is 0.757. The van der Waals surface area contributed by atoms with Crippen LogP contribution in [0.25, 0.3) is 0 Å². The summed E-state index contributed by atoms with van der Waals surface area (Å²) < 4.78 is 10.5. The SMILES string of the molecule is Nc1cc(OCCOPI)ccn1. The number of hydrogen-bond donors (Lipinski definition) is 1. The van der Waals surface area contributed by atoms with E-state index < -0.39 is 0 Å². The number of ether oxygens (including phenoxy) is 1. The van der Waals surface area contributed by atoms with E-state index in [1.54, 1.807) is 18.3 Å². The van der Waals surface area contributed by atoms with Gasteiger partial charge in [0, 0.05) is 12.3 Å². The van der Waals surface area contributed by atoms with Crippen LogP contribution >= 0.6 is 28.5 Å². The maximum atomic E-state index is 5.47. The molecule has 4 nitrogen and oxygen atoms in total. The van der Waals surface area contributed by atoms with Crippen molar-refractivity contribution in [2.24, 2.45) is 0 Å². The van der Waals surface area contributed by atoms with Crippen LogP contribution in [0.5, 0.6) is 5.75 Å². The number of nitrogens with two attached hydrogens (primary N) is 1. The molecule has 0 radical (unpaired) electrons. The van der Waals surface area contributed by atoms with Gasteiger partial charge in [-0.05, 0) is 28.1 Å². The minimum Gasteiger partial charge on any atom is -0.491 e. The summed E-state index contributed by atoms with van der Waals surface area (Å²) in [6.07, 6.45) is 1.62. The summed E-state index contributed by atoms with van der Waals surface area (Å²) in [5, 5.41) is 0. The molecule has 0 saturated carbocycles. The number of anilines is 1. The molecule has 0 bridgehead atoms. The summed E-state index contributed by atoms with van der Waals surface area (Å²) >= 11 is 2.17. The van der Waals surface area contributed by atoms with E-state index >= 15 is 0 Å². The molecule has 1 aromatic heterocycles. The van der Waals surface area contributed by atoms with E-state index in [1.165, 1.54) is 0 Å². The highest BCUT2D eigenvalue weighted by atomic mass is 127. The molecule has 1 aromatic rings. The molecule has 0 saturated heterocycles. The second-order valence-corrected chi connectivity index (χ2v) is 3.95. The molecule has 1 atom stereocenters. The largest absolute Gasteiger partial charge is 0.491 e. The Balaban J connectivity index is 2.28. The molecule has 0 amide bonds. The Morgan fingerprint density at radius 2 is 2.38 bits per heavy atom. The number of nitrogens with zero attached hydrogens (tertiary/aromatic N) is 1. The van der Waals surface area contributed by atoms with Gasteiger partial charge in [-0.3, -0.25) is 0 Å². The first-order chi connectivity index (χ1) is 6.33. The van der Waals surface area contributed by atoms with Crippen LogP contribution in [0.15, 0.2) is 18.3 Å². The van der Waals surface area contributed by atoms with Gasteiger partial charge in [0.05, 0.1) is 13.1 Å². The minimum atomic E-state index is 0.467. The third-order valence-corrected chi connectivity index (χ3v) is 2.51. The fourth-order valence-corrected chi connectivity index (χ4v) is 1.58. The molecule has 13 heavy (non-hydrogen) atoms. The topological polar surface area (TPSA) is 57.4 Å². The lowest BCUT2D eigenvalue weighted by Crippen LogP contribution is -2.03. The summed E-state index contributed by atoms with van der Waals surface area (Å²) in [6.45, 7) is 1.62. The van der Waals surface area contributed by atoms with Crippen LogP contribution in [-0.2, 0) is 4.52 Å². The van der Waals surface area contributed by atoms with Crippen LogP contribution in [0.1, 0.15) is 0 Å². The highest BCUT2D eigenvalue weighted by molar-refractivity contribution is 14.2. The molecule has 0 fully saturated rings. The highest BCUT2D eigenvalue weighted by Gasteiger charge is 1.94.